The van der Waals surface area contributed by atoms with Crippen molar-refractivity contribution in [2.75, 3.05) is 13.1 Å². The van der Waals surface area contributed by atoms with Gasteiger partial charge < -0.3 is 10.6 Å². The highest BCUT2D eigenvalue weighted by Gasteiger charge is 2.18. The molecule has 21 heavy (non-hydrogen) atoms. The van der Waals surface area contributed by atoms with Gasteiger partial charge in [-0.3, -0.25) is 4.79 Å². The van der Waals surface area contributed by atoms with E-state index < -0.39 is 0 Å². The van der Waals surface area contributed by atoms with Crippen LogP contribution in [-0.4, -0.2) is 34.8 Å². The Kier molecular flexibility index (Phi) is 4.14. The van der Waals surface area contributed by atoms with Crippen LogP contribution in [0.1, 0.15) is 16.8 Å². The zero-order valence-corrected chi connectivity index (χ0v) is 12.7. The lowest BCUT2D eigenvalue weighted by molar-refractivity contribution is 0.0940. The molecular formula is C14H14Cl2N4O. The average molecular weight is 325 g/mol. The number of carbonyl (C=O) groups is 1. The molecule has 3 rings (SSSR count). The minimum absolute atomic E-state index is 0.125. The molecule has 2 N–H and O–H groups in total. The van der Waals surface area contributed by atoms with Gasteiger partial charge in [0.2, 0.25) is 0 Å². The molecule has 1 aromatic heterocycles. The Labute approximate surface area is 132 Å². The van der Waals surface area contributed by atoms with Crippen molar-refractivity contribution in [1.82, 2.24) is 20.4 Å². The smallest absolute Gasteiger partial charge is 0.254 e. The van der Waals surface area contributed by atoms with Crippen molar-refractivity contribution < 1.29 is 4.79 Å². The van der Waals surface area contributed by atoms with E-state index in [-0.39, 0.29) is 11.9 Å². The van der Waals surface area contributed by atoms with Gasteiger partial charge in [-0.25, -0.2) is 4.68 Å². The maximum Gasteiger partial charge on any atom is 0.254 e. The Morgan fingerprint density at radius 1 is 1.43 bits per heavy atom. The van der Waals surface area contributed by atoms with Gasteiger partial charge in [0, 0.05) is 23.8 Å². The minimum Gasteiger partial charge on any atom is -0.348 e. The van der Waals surface area contributed by atoms with Crippen LogP contribution in [0.5, 0.6) is 0 Å². The zero-order valence-electron chi connectivity index (χ0n) is 11.1. The van der Waals surface area contributed by atoms with Crippen LogP contribution >= 0.6 is 23.2 Å². The van der Waals surface area contributed by atoms with E-state index in [0.717, 1.165) is 19.5 Å². The molecule has 0 spiro atoms. The summed E-state index contributed by atoms with van der Waals surface area (Å²) in [4.78, 5) is 12.1. The fourth-order valence-corrected chi connectivity index (χ4v) is 2.78. The summed E-state index contributed by atoms with van der Waals surface area (Å²) < 4.78 is 1.57. The molecule has 5 nitrogen and oxygen atoms in total. The predicted octanol–water partition coefficient (Wildman–Crippen LogP) is 2.27. The van der Waals surface area contributed by atoms with E-state index in [1.807, 2.05) is 0 Å². The van der Waals surface area contributed by atoms with Crippen molar-refractivity contribution in [2.45, 2.75) is 12.5 Å². The summed E-state index contributed by atoms with van der Waals surface area (Å²) in [7, 11) is 0. The second kappa shape index (κ2) is 6.05. The topological polar surface area (TPSA) is 59.0 Å². The van der Waals surface area contributed by atoms with Gasteiger partial charge in [0.1, 0.15) is 0 Å². The van der Waals surface area contributed by atoms with Crippen LogP contribution in [0.3, 0.4) is 0 Å². The summed E-state index contributed by atoms with van der Waals surface area (Å²) >= 11 is 12.0. The molecule has 2 aromatic rings. The number of nitrogens with one attached hydrogen (secondary N) is 2. The van der Waals surface area contributed by atoms with E-state index >= 15 is 0 Å². The lowest BCUT2D eigenvalue weighted by Gasteiger charge is -2.09. The Morgan fingerprint density at radius 3 is 3.00 bits per heavy atom. The molecule has 0 aliphatic carbocycles. The quantitative estimate of drug-likeness (QED) is 0.910. The minimum atomic E-state index is -0.125. The van der Waals surface area contributed by atoms with E-state index in [9.17, 15) is 4.79 Å². The first-order chi connectivity index (χ1) is 10.1. The molecule has 1 fully saturated rings. The maximum atomic E-state index is 12.1. The second-order valence-electron chi connectivity index (χ2n) is 4.93. The molecule has 0 saturated carbocycles. The summed E-state index contributed by atoms with van der Waals surface area (Å²) in [5, 5.41) is 11.4. The molecule has 0 radical (unpaired) electrons. The van der Waals surface area contributed by atoms with Crippen LogP contribution in [0.2, 0.25) is 10.0 Å². The van der Waals surface area contributed by atoms with Crippen molar-refractivity contribution in [3.63, 3.8) is 0 Å². The largest absolute Gasteiger partial charge is 0.348 e. The first kappa shape index (κ1) is 14.4. The Hall–Kier alpha value is -1.56. The van der Waals surface area contributed by atoms with Gasteiger partial charge in [0.05, 0.1) is 22.5 Å². The molecule has 1 saturated heterocycles. The number of hydrogen-bond acceptors (Lipinski definition) is 3. The molecule has 1 aromatic carbocycles. The van der Waals surface area contributed by atoms with Crippen molar-refractivity contribution in [2.24, 2.45) is 0 Å². The number of rotatable bonds is 3. The van der Waals surface area contributed by atoms with Crippen molar-refractivity contribution >= 4 is 29.1 Å². The van der Waals surface area contributed by atoms with Crippen LogP contribution in [0.4, 0.5) is 0 Å². The molecule has 1 aliphatic rings. The maximum absolute atomic E-state index is 12.1. The molecule has 7 heteroatoms. The highest BCUT2D eigenvalue weighted by atomic mass is 35.5. The summed E-state index contributed by atoms with van der Waals surface area (Å²) in [5.41, 5.74) is 1.19. The Bertz CT molecular complexity index is 665. The molecule has 1 aliphatic heterocycles. The lowest BCUT2D eigenvalue weighted by Crippen LogP contribution is -2.36. The highest BCUT2D eigenvalue weighted by molar-refractivity contribution is 6.35. The van der Waals surface area contributed by atoms with Crippen LogP contribution in [0.25, 0.3) is 5.69 Å². The zero-order chi connectivity index (χ0) is 14.8. The van der Waals surface area contributed by atoms with Gasteiger partial charge in [-0.05, 0) is 31.2 Å². The van der Waals surface area contributed by atoms with E-state index in [1.54, 1.807) is 29.1 Å². The van der Waals surface area contributed by atoms with E-state index in [4.69, 9.17) is 23.2 Å². The van der Waals surface area contributed by atoms with Gasteiger partial charge in [-0.15, -0.1) is 0 Å². The number of amides is 1. The number of halogens is 2. The molecule has 1 amide bonds. The molecule has 110 valence electrons. The lowest BCUT2D eigenvalue weighted by atomic mass is 10.2. The van der Waals surface area contributed by atoms with Gasteiger partial charge in [-0.2, -0.15) is 5.10 Å². The van der Waals surface area contributed by atoms with Crippen molar-refractivity contribution in [1.29, 1.82) is 0 Å². The van der Waals surface area contributed by atoms with E-state index in [1.165, 1.54) is 6.20 Å². The van der Waals surface area contributed by atoms with Crippen molar-refractivity contribution in [3.8, 4) is 5.69 Å². The summed E-state index contributed by atoms with van der Waals surface area (Å²) in [5.74, 6) is -0.125. The van der Waals surface area contributed by atoms with Crippen LogP contribution in [0, 0.1) is 0 Å². The number of hydrogen-bond donors (Lipinski definition) is 2. The van der Waals surface area contributed by atoms with Gasteiger partial charge in [-0.1, -0.05) is 23.2 Å². The fourth-order valence-electron chi connectivity index (χ4n) is 2.29. The Balaban J connectivity index is 1.77. The number of nitrogens with zero attached hydrogens (tertiary/aromatic N) is 2. The second-order valence-corrected chi connectivity index (χ2v) is 5.78. The van der Waals surface area contributed by atoms with Gasteiger partial charge in [0.25, 0.3) is 5.91 Å². The fraction of sp³-hybridized carbons (Fsp3) is 0.286. The Morgan fingerprint density at radius 2 is 2.29 bits per heavy atom. The molecule has 0 bridgehead atoms. The number of aromatic nitrogens is 2. The van der Waals surface area contributed by atoms with Gasteiger partial charge >= 0.3 is 0 Å². The first-order valence-corrected chi connectivity index (χ1v) is 7.41. The first-order valence-electron chi connectivity index (χ1n) is 6.65. The molecule has 2 heterocycles. The summed E-state index contributed by atoms with van der Waals surface area (Å²) in [6.07, 6.45) is 4.14. The summed E-state index contributed by atoms with van der Waals surface area (Å²) in [6.45, 7) is 1.74. The van der Waals surface area contributed by atoms with Gasteiger partial charge in [0.15, 0.2) is 0 Å². The molecule has 1 atom stereocenters. The SMILES string of the molecule is O=C(NC1CCNC1)c1cnn(-c2ccc(Cl)cc2Cl)c1. The predicted molar refractivity (Wildman–Crippen MR) is 82.3 cm³/mol. The van der Waals surface area contributed by atoms with Crippen LogP contribution in [-0.2, 0) is 0 Å². The van der Waals surface area contributed by atoms with Crippen LogP contribution in [0.15, 0.2) is 30.6 Å². The monoisotopic (exact) mass is 324 g/mol. The number of carbonyl (C=O) groups excluding carboxylic acids is 1. The normalized spacial score (nSPS) is 17.9. The average Bonchev–Trinajstić information content (AvgIpc) is 3.09. The highest BCUT2D eigenvalue weighted by Crippen LogP contribution is 2.24. The van der Waals surface area contributed by atoms with Crippen molar-refractivity contribution in [3.05, 3.63) is 46.2 Å². The molecule has 1 unspecified atom stereocenters. The third kappa shape index (κ3) is 3.20. The van der Waals surface area contributed by atoms with E-state index in [0.29, 0.717) is 21.3 Å². The third-order valence-corrected chi connectivity index (χ3v) is 3.93. The molecular weight excluding hydrogens is 311 g/mol. The van der Waals surface area contributed by atoms with E-state index in [2.05, 4.69) is 15.7 Å². The standard InChI is InChI=1S/C14H14Cl2N4O/c15-10-1-2-13(12(16)5-10)20-8-9(6-18-20)14(21)19-11-3-4-17-7-11/h1-2,5-6,8,11,17H,3-4,7H2,(H,19,21). The third-order valence-electron chi connectivity index (χ3n) is 3.40. The summed E-state index contributed by atoms with van der Waals surface area (Å²) in [6, 6.07) is 5.32. The number of benzene rings is 1. The van der Waals surface area contributed by atoms with Crippen LogP contribution < -0.4 is 10.6 Å².